The number of hydrogen-bond donors (Lipinski definition) is 2. The molecule has 0 aromatic rings. The van der Waals surface area contributed by atoms with Gasteiger partial charge in [0.05, 0.1) is 0 Å². The molecule has 1 rings (SSSR count). The molecule has 1 atom stereocenters. The van der Waals surface area contributed by atoms with Crippen LogP contribution in [0.3, 0.4) is 0 Å². The SMILES string of the molecule is CN(C)S(=O)(=O)N[C@H]1CCNC1. The minimum Gasteiger partial charge on any atom is -0.315 e. The van der Waals surface area contributed by atoms with Crippen molar-refractivity contribution in [2.45, 2.75) is 12.5 Å². The van der Waals surface area contributed by atoms with Gasteiger partial charge in [-0.3, -0.25) is 0 Å². The Morgan fingerprint density at radius 3 is 2.58 bits per heavy atom. The number of rotatable bonds is 3. The van der Waals surface area contributed by atoms with Gasteiger partial charge in [-0.15, -0.1) is 0 Å². The van der Waals surface area contributed by atoms with Gasteiger partial charge in [0.1, 0.15) is 0 Å². The Labute approximate surface area is 73.3 Å². The van der Waals surface area contributed by atoms with Gasteiger partial charge < -0.3 is 5.32 Å². The Morgan fingerprint density at radius 2 is 2.17 bits per heavy atom. The second-order valence-corrected chi connectivity index (χ2v) is 5.01. The fourth-order valence-electron chi connectivity index (χ4n) is 1.07. The summed E-state index contributed by atoms with van der Waals surface area (Å²) in [4.78, 5) is 0. The maximum absolute atomic E-state index is 11.3. The molecule has 1 aliphatic rings. The van der Waals surface area contributed by atoms with Crippen LogP contribution in [0, 0.1) is 0 Å². The summed E-state index contributed by atoms with van der Waals surface area (Å²) in [6.45, 7) is 1.62. The smallest absolute Gasteiger partial charge is 0.279 e. The van der Waals surface area contributed by atoms with Crippen LogP contribution in [0.5, 0.6) is 0 Å². The Kier molecular flexibility index (Phi) is 3.05. The predicted octanol–water partition coefficient (Wildman–Crippen LogP) is -1.26. The fourth-order valence-corrected chi connectivity index (χ4v) is 1.90. The van der Waals surface area contributed by atoms with Crippen LogP contribution < -0.4 is 10.0 Å². The van der Waals surface area contributed by atoms with Gasteiger partial charge in [-0.25, -0.2) is 0 Å². The maximum atomic E-state index is 11.3. The van der Waals surface area contributed by atoms with Gasteiger partial charge >= 0.3 is 0 Å². The molecule has 1 fully saturated rings. The zero-order chi connectivity index (χ0) is 9.19. The molecular formula is C6H15N3O2S. The maximum Gasteiger partial charge on any atom is 0.279 e. The molecule has 2 N–H and O–H groups in total. The molecule has 1 aliphatic heterocycles. The van der Waals surface area contributed by atoms with Crippen LogP contribution in [-0.2, 0) is 10.2 Å². The normalized spacial score (nSPS) is 25.1. The quantitative estimate of drug-likeness (QED) is 0.588. The van der Waals surface area contributed by atoms with E-state index in [0.29, 0.717) is 0 Å². The van der Waals surface area contributed by atoms with Crippen molar-refractivity contribution in [3.8, 4) is 0 Å². The van der Waals surface area contributed by atoms with Crippen LogP contribution in [0.4, 0.5) is 0 Å². The lowest BCUT2D eigenvalue weighted by atomic mass is 10.3. The summed E-state index contributed by atoms with van der Waals surface area (Å²) in [6.07, 6.45) is 0.868. The van der Waals surface area contributed by atoms with E-state index in [9.17, 15) is 8.42 Å². The topological polar surface area (TPSA) is 61.4 Å². The molecular weight excluding hydrogens is 178 g/mol. The van der Waals surface area contributed by atoms with Gasteiger partial charge in [0, 0.05) is 26.7 Å². The molecule has 5 nitrogen and oxygen atoms in total. The highest BCUT2D eigenvalue weighted by Gasteiger charge is 2.21. The highest BCUT2D eigenvalue weighted by atomic mass is 32.2. The van der Waals surface area contributed by atoms with Gasteiger partial charge in [0.2, 0.25) is 0 Å². The fraction of sp³-hybridized carbons (Fsp3) is 1.00. The van der Waals surface area contributed by atoms with Crippen LogP contribution in [0.15, 0.2) is 0 Å². The first-order valence-electron chi connectivity index (χ1n) is 3.93. The first-order valence-corrected chi connectivity index (χ1v) is 5.37. The molecule has 6 heteroatoms. The summed E-state index contributed by atoms with van der Waals surface area (Å²) < 4.78 is 26.3. The zero-order valence-electron chi connectivity index (χ0n) is 7.37. The van der Waals surface area contributed by atoms with E-state index in [2.05, 4.69) is 10.0 Å². The summed E-state index contributed by atoms with van der Waals surface area (Å²) in [7, 11) is -0.201. The highest BCUT2D eigenvalue weighted by Crippen LogP contribution is 2.00. The summed E-state index contributed by atoms with van der Waals surface area (Å²) in [6, 6.07) is 0.0531. The van der Waals surface area contributed by atoms with Crippen molar-refractivity contribution in [1.29, 1.82) is 0 Å². The van der Waals surface area contributed by atoms with Crippen molar-refractivity contribution in [3.05, 3.63) is 0 Å². The molecule has 0 aliphatic carbocycles. The molecule has 72 valence electrons. The predicted molar refractivity (Wildman–Crippen MR) is 47.0 cm³/mol. The Morgan fingerprint density at radius 1 is 1.50 bits per heavy atom. The monoisotopic (exact) mass is 193 g/mol. The molecule has 0 amide bonds. The molecule has 12 heavy (non-hydrogen) atoms. The standard InChI is InChI=1S/C6H15N3O2S/c1-9(2)12(10,11)8-6-3-4-7-5-6/h6-8H,3-5H2,1-2H3/t6-/m0/s1. The number of nitrogens with zero attached hydrogens (tertiary/aromatic N) is 1. The molecule has 1 saturated heterocycles. The largest absolute Gasteiger partial charge is 0.315 e. The van der Waals surface area contributed by atoms with E-state index in [1.807, 2.05) is 0 Å². The van der Waals surface area contributed by atoms with E-state index in [1.165, 1.54) is 18.4 Å². The zero-order valence-corrected chi connectivity index (χ0v) is 8.19. The summed E-state index contributed by atoms with van der Waals surface area (Å²) >= 11 is 0. The van der Waals surface area contributed by atoms with Gasteiger partial charge in [0.25, 0.3) is 10.2 Å². The van der Waals surface area contributed by atoms with Gasteiger partial charge in [-0.05, 0) is 13.0 Å². The van der Waals surface area contributed by atoms with E-state index < -0.39 is 10.2 Å². The Bertz CT molecular complexity index is 231. The molecule has 0 aromatic heterocycles. The molecule has 0 spiro atoms. The first kappa shape index (κ1) is 9.91. The van der Waals surface area contributed by atoms with Crippen molar-refractivity contribution in [2.75, 3.05) is 27.2 Å². The summed E-state index contributed by atoms with van der Waals surface area (Å²) in [5.74, 6) is 0. The van der Waals surface area contributed by atoms with Crippen LogP contribution in [0.25, 0.3) is 0 Å². The minimum absolute atomic E-state index is 0.0531. The average molecular weight is 193 g/mol. The van der Waals surface area contributed by atoms with E-state index in [-0.39, 0.29) is 6.04 Å². The van der Waals surface area contributed by atoms with Crippen LogP contribution in [0.1, 0.15) is 6.42 Å². The Balaban J connectivity index is 2.49. The lowest BCUT2D eigenvalue weighted by Crippen LogP contribution is -2.42. The van der Waals surface area contributed by atoms with Gasteiger partial charge in [-0.2, -0.15) is 17.4 Å². The van der Waals surface area contributed by atoms with Crippen LogP contribution in [0.2, 0.25) is 0 Å². The third-order valence-electron chi connectivity index (χ3n) is 1.86. The Hall–Kier alpha value is -0.170. The van der Waals surface area contributed by atoms with Crippen LogP contribution >= 0.6 is 0 Å². The van der Waals surface area contributed by atoms with Gasteiger partial charge in [0.15, 0.2) is 0 Å². The molecule has 0 saturated carbocycles. The van der Waals surface area contributed by atoms with Crippen molar-refractivity contribution in [3.63, 3.8) is 0 Å². The van der Waals surface area contributed by atoms with Crippen molar-refractivity contribution in [1.82, 2.24) is 14.3 Å². The van der Waals surface area contributed by atoms with E-state index >= 15 is 0 Å². The number of nitrogens with one attached hydrogen (secondary N) is 2. The lowest BCUT2D eigenvalue weighted by Gasteiger charge is -2.16. The summed E-state index contributed by atoms with van der Waals surface area (Å²) in [5.41, 5.74) is 0. The van der Waals surface area contributed by atoms with Crippen molar-refractivity contribution < 1.29 is 8.42 Å². The lowest BCUT2D eigenvalue weighted by molar-refractivity contribution is 0.491. The third-order valence-corrected chi connectivity index (χ3v) is 3.45. The number of hydrogen-bond acceptors (Lipinski definition) is 3. The summed E-state index contributed by atoms with van der Waals surface area (Å²) in [5, 5.41) is 3.09. The second-order valence-electron chi connectivity index (χ2n) is 3.10. The van der Waals surface area contributed by atoms with E-state index in [0.717, 1.165) is 19.5 Å². The highest BCUT2D eigenvalue weighted by molar-refractivity contribution is 7.87. The van der Waals surface area contributed by atoms with Crippen molar-refractivity contribution >= 4 is 10.2 Å². The average Bonchev–Trinajstić information content (AvgIpc) is 2.38. The van der Waals surface area contributed by atoms with E-state index in [1.54, 1.807) is 0 Å². The molecule has 0 unspecified atom stereocenters. The van der Waals surface area contributed by atoms with Crippen LogP contribution in [-0.4, -0.2) is 45.9 Å². The van der Waals surface area contributed by atoms with Gasteiger partial charge in [-0.1, -0.05) is 0 Å². The molecule has 0 bridgehead atoms. The van der Waals surface area contributed by atoms with E-state index in [4.69, 9.17) is 0 Å². The molecule has 1 heterocycles. The minimum atomic E-state index is -3.24. The third kappa shape index (κ3) is 2.41. The molecule has 0 radical (unpaired) electrons. The first-order chi connectivity index (χ1) is 5.52. The molecule has 0 aromatic carbocycles. The second kappa shape index (κ2) is 3.69. The van der Waals surface area contributed by atoms with Crippen molar-refractivity contribution in [2.24, 2.45) is 0 Å².